The second-order valence-corrected chi connectivity index (χ2v) is 4.16. The zero-order valence-corrected chi connectivity index (χ0v) is 10.2. The first-order valence-corrected chi connectivity index (χ1v) is 5.81. The van der Waals surface area contributed by atoms with Crippen molar-refractivity contribution in [1.29, 1.82) is 0 Å². The number of hydrogen-bond acceptors (Lipinski definition) is 3. The van der Waals surface area contributed by atoms with Crippen molar-refractivity contribution >= 4 is 17.0 Å². The second kappa shape index (κ2) is 4.20. The van der Waals surface area contributed by atoms with Crippen LogP contribution in [0.5, 0.6) is 0 Å². The lowest BCUT2D eigenvalue weighted by molar-refractivity contribution is 0.0696. The Morgan fingerprint density at radius 1 is 1.21 bits per heavy atom. The second-order valence-electron chi connectivity index (χ2n) is 4.16. The molecule has 5 nitrogen and oxygen atoms in total. The zero-order valence-electron chi connectivity index (χ0n) is 10.2. The van der Waals surface area contributed by atoms with Gasteiger partial charge in [0.1, 0.15) is 11.4 Å². The Hall–Kier alpha value is -2.69. The SMILES string of the molecule is Cc1nc2ccccc2n1-c1ncccc1C(=O)O. The topological polar surface area (TPSA) is 68.0 Å². The summed E-state index contributed by atoms with van der Waals surface area (Å²) in [6, 6.07) is 10.7. The fourth-order valence-corrected chi connectivity index (χ4v) is 2.16. The van der Waals surface area contributed by atoms with Crippen molar-refractivity contribution in [3.8, 4) is 5.82 Å². The molecule has 0 aliphatic carbocycles. The van der Waals surface area contributed by atoms with E-state index < -0.39 is 5.97 Å². The molecule has 0 aliphatic rings. The third kappa shape index (κ3) is 1.76. The Kier molecular flexibility index (Phi) is 2.52. The van der Waals surface area contributed by atoms with Crippen molar-refractivity contribution in [2.45, 2.75) is 6.92 Å². The lowest BCUT2D eigenvalue weighted by Gasteiger charge is -2.08. The lowest BCUT2D eigenvalue weighted by Crippen LogP contribution is -2.08. The maximum Gasteiger partial charge on any atom is 0.339 e. The average molecular weight is 253 g/mol. The molecule has 2 aromatic heterocycles. The highest BCUT2D eigenvalue weighted by molar-refractivity contribution is 5.92. The molecule has 0 atom stereocenters. The van der Waals surface area contributed by atoms with Gasteiger partial charge in [-0.3, -0.25) is 4.57 Å². The molecule has 0 aliphatic heterocycles. The molecule has 1 aromatic carbocycles. The van der Waals surface area contributed by atoms with Crippen molar-refractivity contribution in [2.75, 3.05) is 0 Å². The van der Waals surface area contributed by atoms with Crippen LogP contribution in [0.15, 0.2) is 42.6 Å². The van der Waals surface area contributed by atoms with E-state index in [9.17, 15) is 9.90 Å². The molecule has 0 saturated heterocycles. The molecule has 2 heterocycles. The molecular formula is C14H11N3O2. The fraction of sp³-hybridized carbons (Fsp3) is 0.0714. The van der Waals surface area contributed by atoms with Gasteiger partial charge in [-0.05, 0) is 31.2 Å². The molecule has 5 heteroatoms. The minimum atomic E-state index is -1.000. The maximum absolute atomic E-state index is 11.3. The van der Waals surface area contributed by atoms with E-state index in [1.165, 1.54) is 0 Å². The molecule has 0 amide bonds. The number of hydrogen-bond donors (Lipinski definition) is 1. The van der Waals surface area contributed by atoms with Crippen molar-refractivity contribution in [3.05, 3.63) is 54.0 Å². The summed E-state index contributed by atoms with van der Waals surface area (Å²) in [6.07, 6.45) is 1.58. The molecule has 0 unspecified atom stereocenters. The number of aromatic nitrogens is 3. The van der Waals surface area contributed by atoms with Gasteiger partial charge >= 0.3 is 5.97 Å². The third-order valence-corrected chi connectivity index (χ3v) is 2.96. The number of carbonyl (C=O) groups is 1. The summed E-state index contributed by atoms with van der Waals surface area (Å²) < 4.78 is 1.76. The zero-order chi connectivity index (χ0) is 13.4. The molecule has 0 radical (unpaired) electrons. The number of para-hydroxylation sites is 2. The molecule has 3 rings (SSSR count). The van der Waals surface area contributed by atoms with Gasteiger partial charge in [-0.2, -0.15) is 0 Å². The predicted molar refractivity (Wildman–Crippen MR) is 70.6 cm³/mol. The smallest absolute Gasteiger partial charge is 0.339 e. The molecule has 19 heavy (non-hydrogen) atoms. The number of carboxylic acids is 1. The van der Waals surface area contributed by atoms with E-state index in [4.69, 9.17) is 0 Å². The van der Waals surface area contributed by atoms with Crippen LogP contribution in [0, 0.1) is 6.92 Å². The van der Waals surface area contributed by atoms with Crippen LogP contribution in [0.1, 0.15) is 16.2 Å². The Morgan fingerprint density at radius 2 is 2.00 bits per heavy atom. The van der Waals surface area contributed by atoms with Gasteiger partial charge in [-0.15, -0.1) is 0 Å². The fourth-order valence-electron chi connectivity index (χ4n) is 2.16. The van der Waals surface area contributed by atoms with Gasteiger partial charge in [0.05, 0.1) is 11.0 Å². The van der Waals surface area contributed by atoms with Crippen LogP contribution in [0.25, 0.3) is 16.9 Å². The average Bonchev–Trinajstić information content (AvgIpc) is 2.74. The van der Waals surface area contributed by atoms with Gasteiger partial charge in [-0.25, -0.2) is 14.8 Å². The van der Waals surface area contributed by atoms with Crippen molar-refractivity contribution in [3.63, 3.8) is 0 Å². The standard InChI is InChI=1S/C14H11N3O2/c1-9-16-11-6-2-3-7-12(11)17(9)13-10(14(18)19)5-4-8-15-13/h2-8H,1H3,(H,18,19). The predicted octanol–water partition coefficient (Wildman–Crippen LogP) is 2.43. The molecule has 1 N–H and O–H groups in total. The summed E-state index contributed by atoms with van der Waals surface area (Å²) >= 11 is 0. The number of benzene rings is 1. The van der Waals surface area contributed by atoms with E-state index in [0.717, 1.165) is 11.0 Å². The first-order chi connectivity index (χ1) is 9.18. The molecule has 94 valence electrons. The summed E-state index contributed by atoms with van der Waals surface area (Å²) in [5.74, 6) is 0.101. The number of fused-ring (bicyclic) bond motifs is 1. The minimum Gasteiger partial charge on any atom is -0.478 e. The number of carboxylic acid groups (broad SMARTS) is 1. The van der Waals surface area contributed by atoms with Gasteiger partial charge in [-0.1, -0.05) is 12.1 Å². The third-order valence-electron chi connectivity index (χ3n) is 2.96. The van der Waals surface area contributed by atoms with Crippen molar-refractivity contribution in [1.82, 2.24) is 14.5 Å². The van der Waals surface area contributed by atoms with E-state index in [0.29, 0.717) is 11.6 Å². The number of pyridine rings is 1. The quantitative estimate of drug-likeness (QED) is 0.761. The summed E-state index contributed by atoms with van der Waals surface area (Å²) in [6.45, 7) is 1.83. The van der Waals surface area contributed by atoms with E-state index in [1.54, 1.807) is 22.9 Å². The summed E-state index contributed by atoms with van der Waals surface area (Å²) in [7, 11) is 0. The first-order valence-electron chi connectivity index (χ1n) is 5.81. The number of aryl methyl sites for hydroxylation is 1. The van der Waals surface area contributed by atoms with E-state index >= 15 is 0 Å². The largest absolute Gasteiger partial charge is 0.478 e. The van der Waals surface area contributed by atoms with Gasteiger partial charge in [0.25, 0.3) is 0 Å². The van der Waals surface area contributed by atoms with Crippen LogP contribution in [-0.4, -0.2) is 25.6 Å². The van der Waals surface area contributed by atoms with Crippen molar-refractivity contribution < 1.29 is 9.90 Å². The van der Waals surface area contributed by atoms with Crippen LogP contribution >= 0.6 is 0 Å². The number of aromatic carboxylic acids is 1. The highest BCUT2D eigenvalue weighted by atomic mass is 16.4. The Morgan fingerprint density at radius 3 is 2.79 bits per heavy atom. The Bertz CT molecular complexity index is 777. The van der Waals surface area contributed by atoms with Gasteiger partial charge in [0.2, 0.25) is 0 Å². The maximum atomic E-state index is 11.3. The van der Waals surface area contributed by atoms with Crippen LogP contribution < -0.4 is 0 Å². The monoisotopic (exact) mass is 253 g/mol. The van der Waals surface area contributed by atoms with Gasteiger partial charge < -0.3 is 5.11 Å². The Balaban J connectivity index is 2.37. The minimum absolute atomic E-state index is 0.161. The Labute approximate surface area is 109 Å². The van der Waals surface area contributed by atoms with Gasteiger partial charge in [0.15, 0.2) is 5.82 Å². The number of rotatable bonds is 2. The highest BCUT2D eigenvalue weighted by Gasteiger charge is 2.16. The summed E-state index contributed by atoms with van der Waals surface area (Å²) in [4.78, 5) is 19.9. The van der Waals surface area contributed by atoms with E-state index in [-0.39, 0.29) is 5.56 Å². The first kappa shape index (κ1) is 11.4. The lowest BCUT2D eigenvalue weighted by atomic mass is 10.2. The molecule has 0 bridgehead atoms. The van der Waals surface area contributed by atoms with Crippen molar-refractivity contribution in [2.24, 2.45) is 0 Å². The van der Waals surface area contributed by atoms with Crippen LogP contribution in [0.3, 0.4) is 0 Å². The molecule has 0 saturated carbocycles. The molecule has 0 fully saturated rings. The normalized spacial score (nSPS) is 10.8. The van der Waals surface area contributed by atoms with Crippen LogP contribution in [0.4, 0.5) is 0 Å². The molecule has 0 spiro atoms. The van der Waals surface area contributed by atoms with E-state index in [1.807, 2.05) is 31.2 Å². The summed E-state index contributed by atoms with van der Waals surface area (Å²) in [5.41, 5.74) is 1.83. The number of imidazole rings is 1. The molecular weight excluding hydrogens is 242 g/mol. The molecule has 3 aromatic rings. The van der Waals surface area contributed by atoms with Gasteiger partial charge in [0, 0.05) is 6.20 Å². The number of nitrogens with zero attached hydrogens (tertiary/aromatic N) is 3. The van der Waals surface area contributed by atoms with Crippen LogP contribution in [-0.2, 0) is 0 Å². The highest BCUT2D eigenvalue weighted by Crippen LogP contribution is 2.21. The summed E-state index contributed by atoms with van der Waals surface area (Å²) in [5, 5.41) is 9.25. The van der Waals surface area contributed by atoms with E-state index in [2.05, 4.69) is 9.97 Å². The van der Waals surface area contributed by atoms with Crippen LogP contribution in [0.2, 0.25) is 0 Å².